The summed E-state index contributed by atoms with van der Waals surface area (Å²) >= 11 is 0. The lowest BCUT2D eigenvalue weighted by Crippen LogP contribution is -2.34. The highest BCUT2D eigenvalue weighted by atomic mass is 16.5. The SMILES string of the molecule is Cc1cc(CNCC2CCCCC2C(=O)O)no1. The highest BCUT2D eigenvalue weighted by Gasteiger charge is 2.30. The second-order valence-electron chi connectivity index (χ2n) is 5.05. The van der Waals surface area contributed by atoms with Crippen LogP contribution in [0.25, 0.3) is 0 Å². The fourth-order valence-electron chi connectivity index (χ4n) is 2.66. The van der Waals surface area contributed by atoms with Crippen LogP contribution in [0.3, 0.4) is 0 Å². The molecule has 5 heteroatoms. The van der Waals surface area contributed by atoms with Crippen molar-refractivity contribution in [3.05, 3.63) is 17.5 Å². The molecule has 0 aromatic carbocycles. The van der Waals surface area contributed by atoms with Crippen molar-refractivity contribution in [1.82, 2.24) is 10.5 Å². The zero-order chi connectivity index (χ0) is 13.0. The Labute approximate surface area is 107 Å². The Hall–Kier alpha value is -1.36. The zero-order valence-electron chi connectivity index (χ0n) is 10.7. The minimum absolute atomic E-state index is 0.190. The van der Waals surface area contributed by atoms with Crippen molar-refractivity contribution < 1.29 is 14.4 Å². The largest absolute Gasteiger partial charge is 0.481 e. The van der Waals surface area contributed by atoms with Gasteiger partial charge in [-0.15, -0.1) is 0 Å². The average Bonchev–Trinajstić information content (AvgIpc) is 2.75. The van der Waals surface area contributed by atoms with Crippen molar-refractivity contribution in [2.24, 2.45) is 11.8 Å². The van der Waals surface area contributed by atoms with Crippen LogP contribution >= 0.6 is 0 Å². The number of carboxylic acid groups (broad SMARTS) is 1. The van der Waals surface area contributed by atoms with Crippen molar-refractivity contribution in [2.45, 2.75) is 39.2 Å². The molecule has 100 valence electrons. The minimum atomic E-state index is -0.654. The fourth-order valence-corrected chi connectivity index (χ4v) is 2.66. The molecule has 2 unspecified atom stereocenters. The van der Waals surface area contributed by atoms with Gasteiger partial charge in [0, 0.05) is 12.6 Å². The van der Waals surface area contributed by atoms with Crippen molar-refractivity contribution in [3.8, 4) is 0 Å². The lowest BCUT2D eigenvalue weighted by molar-refractivity contribution is -0.144. The molecule has 1 aromatic heterocycles. The molecule has 0 bridgehead atoms. The van der Waals surface area contributed by atoms with Crippen molar-refractivity contribution in [2.75, 3.05) is 6.54 Å². The molecule has 5 nitrogen and oxygen atoms in total. The van der Waals surface area contributed by atoms with Crippen molar-refractivity contribution in [1.29, 1.82) is 0 Å². The summed E-state index contributed by atoms with van der Waals surface area (Å²) in [7, 11) is 0. The lowest BCUT2D eigenvalue weighted by atomic mass is 9.79. The topological polar surface area (TPSA) is 75.4 Å². The van der Waals surface area contributed by atoms with Gasteiger partial charge in [-0.25, -0.2) is 0 Å². The second kappa shape index (κ2) is 6.00. The number of aryl methyl sites for hydroxylation is 1. The Morgan fingerprint density at radius 3 is 3.00 bits per heavy atom. The molecular weight excluding hydrogens is 232 g/mol. The quantitative estimate of drug-likeness (QED) is 0.838. The third kappa shape index (κ3) is 3.32. The van der Waals surface area contributed by atoms with E-state index in [4.69, 9.17) is 4.52 Å². The first kappa shape index (κ1) is 13.1. The van der Waals surface area contributed by atoms with E-state index in [1.807, 2.05) is 13.0 Å². The smallest absolute Gasteiger partial charge is 0.306 e. The van der Waals surface area contributed by atoms with Gasteiger partial charge in [0.25, 0.3) is 0 Å². The van der Waals surface area contributed by atoms with Gasteiger partial charge in [0.2, 0.25) is 0 Å². The van der Waals surface area contributed by atoms with Crippen LogP contribution in [0.15, 0.2) is 10.6 Å². The molecule has 1 fully saturated rings. The summed E-state index contributed by atoms with van der Waals surface area (Å²) in [6.07, 6.45) is 3.99. The molecule has 0 aliphatic heterocycles. The molecule has 1 saturated carbocycles. The maximum absolute atomic E-state index is 11.1. The van der Waals surface area contributed by atoms with E-state index < -0.39 is 5.97 Å². The van der Waals surface area contributed by atoms with Crippen molar-refractivity contribution >= 4 is 5.97 Å². The third-order valence-corrected chi connectivity index (χ3v) is 3.62. The van der Waals surface area contributed by atoms with Crippen LogP contribution in [-0.4, -0.2) is 22.8 Å². The molecule has 0 radical (unpaired) electrons. The Morgan fingerprint density at radius 1 is 1.56 bits per heavy atom. The van der Waals surface area contributed by atoms with E-state index in [0.717, 1.165) is 43.7 Å². The summed E-state index contributed by atoms with van der Waals surface area (Å²) in [6.45, 7) is 3.24. The zero-order valence-corrected chi connectivity index (χ0v) is 10.7. The number of hydrogen-bond donors (Lipinski definition) is 2. The average molecular weight is 252 g/mol. The van der Waals surface area contributed by atoms with Gasteiger partial charge in [-0.1, -0.05) is 18.0 Å². The van der Waals surface area contributed by atoms with Gasteiger partial charge in [-0.3, -0.25) is 4.79 Å². The Balaban J connectivity index is 1.79. The second-order valence-corrected chi connectivity index (χ2v) is 5.05. The van der Waals surface area contributed by atoms with Gasteiger partial charge >= 0.3 is 5.97 Å². The number of aromatic nitrogens is 1. The molecule has 0 spiro atoms. The molecule has 1 aromatic rings. The summed E-state index contributed by atoms with van der Waals surface area (Å²) < 4.78 is 4.98. The molecule has 1 heterocycles. The van der Waals surface area contributed by atoms with Gasteiger partial charge in [0.15, 0.2) is 0 Å². The number of nitrogens with one attached hydrogen (secondary N) is 1. The molecule has 18 heavy (non-hydrogen) atoms. The summed E-state index contributed by atoms with van der Waals surface area (Å²) in [5.41, 5.74) is 0.871. The fraction of sp³-hybridized carbons (Fsp3) is 0.692. The van der Waals surface area contributed by atoms with Crippen LogP contribution < -0.4 is 5.32 Å². The minimum Gasteiger partial charge on any atom is -0.481 e. The first-order chi connectivity index (χ1) is 8.66. The monoisotopic (exact) mass is 252 g/mol. The van der Waals surface area contributed by atoms with E-state index in [1.165, 1.54) is 0 Å². The predicted octanol–water partition coefficient (Wildman–Crippen LogP) is 1.96. The van der Waals surface area contributed by atoms with E-state index in [-0.39, 0.29) is 11.8 Å². The van der Waals surface area contributed by atoms with Crippen molar-refractivity contribution in [3.63, 3.8) is 0 Å². The summed E-state index contributed by atoms with van der Waals surface area (Å²) in [6, 6.07) is 1.89. The maximum atomic E-state index is 11.1. The van der Waals surface area contributed by atoms with E-state index in [9.17, 15) is 9.90 Å². The van der Waals surface area contributed by atoms with E-state index >= 15 is 0 Å². The molecule has 0 amide bonds. The van der Waals surface area contributed by atoms with E-state index in [2.05, 4.69) is 10.5 Å². The van der Waals surface area contributed by atoms with Crippen LogP contribution in [-0.2, 0) is 11.3 Å². The Bertz CT molecular complexity index is 403. The van der Waals surface area contributed by atoms with Gasteiger partial charge < -0.3 is 14.9 Å². The number of hydrogen-bond acceptors (Lipinski definition) is 4. The normalized spacial score (nSPS) is 24.1. The van der Waals surface area contributed by atoms with Gasteiger partial charge in [-0.2, -0.15) is 0 Å². The summed E-state index contributed by atoms with van der Waals surface area (Å²) in [5.74, 6) is 0.196. The number of aliphatic carboxylic acids is 1. The molecule has 2 rings (SSSR count). The molecule has 1 aliphatic carbocycles. The molecule has 2 N–H and O–H groups in total. The van der Waals surface area contributed by atoms with Crippen LogP contribution in [0, 0.1) is 18.8 Å². The van der Waals surface area contributed by atoms with Crippen LogP contribution in [0.2, 0.25) is 0 Å². The highest BCUT2D eigenvalue weighted by molar-refractivity contribution is 5.70. The maximum Gasteiger partial charge on any atom is 0.306 e. The van der Waals surface area contributed by atoms with Crippen LogP contribution in [0.5, 0.6) is 0 Å². The Kier molecular flexibility index (Phi) is 4.36. The number of carbonyl (C=O) groups is 1. The third-order valence-electron chi connectivity index (χ3n) is 3.62. The highest BCUT2D eigenvalue weighted by Crippen LogP contribution is 2.29. The molecule has 1 aliphatic rings. The summed E-state index contributed by atoms with van der Waals surface area (Å²) in [4.78, 5) is 11.1. The molecule has 0 saturated heterocycles. The lowest BCUT2D eigenvalue weighted by Gasteiger charge is -2.28. The first-order valence-corrected chi connectivity index (χ1v) is 6.52. The van der Waals surface area contributed by atoms with Crippen LogP contribution in [0.4, 0.5) is 0 Å². The first-order valence-electron chi connectivity index (χ1n) is 6.52. The standard InChI is InChI=1S/C13H20N2O3/c1-9-6-11(15-18-9)8-14-7-10-4-2-3-5-12(10)13(16)17/h6,10,12,14H,2-5,7-8H2,1H3,(H,16,17). The van der Waals surface area contributed by atoms with Crippen LogP contribution in [0.1, 0.15) is 37.1 Å². The Morgan fingerprint density at radius 2 is 2.33 bits per heavy atom. The molecule has 2 atom stereocenters. The van der Waals surface area contributed by atoms with Gasteiger partial charge in [0.05, 0.1) is 11.6 Å². The predicted molar refractivity (Wildman–Crippen MR) is 66.0 cm³/mol. The summed E-state index contributed by atoms with van der Waals surface area (Å²) in [5, 5.41) is 16.4. The van der Waals surface area contributed by atoms with E-state index in [0.29, 0.717) is 6.54 Å². The number of rotatable bonds is 5. The number of nitrogens with zero attached hydrogens (tertiary/aromatic N) is 1. The van der Waals surface area contributed by atoms with Gasteiger partial charge in [-0.05, 0) is 32.2 Å². The van der Waals surface area contributed by atoms with Gasteiger partial charge in [0.1, 0.15) is 5.76 Å². The molecular formula is C13H20N2O3. The van der Waals surface area contributed by atoms with E-state index in [1.54, 1.807) is 0 Å². The number of carboxylic acids is 1.